The molecule has 1 spiro atoms. The molecule has 17 heavy (non-hydrogen) atoms. The highest BCUT2D eigenvalue weighted by Gasteiger charge is 2.43. The minimum Gasteiger partial charge on any atom is -0.375 e. The Balaban J connectivity index is 1.66. The van der Waals surface area contributed by atoms with Crippen molar-refractivity contribution in [2.75, 3.05) is 19.7 Å². The van der Waals surface area contributed by atoms with Crippen LogP contribution in [0, 0.1) is 17.8 Å². The third-order valence-electron chi connectivity index (χ3n) is 5.54. The number of hydrogen-bond acceptors (Lipinski definition) is 2. The minimum absolute atomic E-state index is 0.306. The van der Waals surface area contributed by atoms with Gasteiger partial charge in [-0.05, 0) is 62.9 Å². The van der Waals surface area contributed by atoms with E-state index in [-0.39, 0.29) is 0 Å². The molecule has 3 rings (SSSR count). The van der Waals surface area contributed by atoms with E-state index in [2.05, 4.69) is 12.2 Å². The summed E-state index contributed by atoms with van der Waals surface area (Å²) in [6, 6.07) is 0. The van der Waals surface area contributed by atoms with E-state index in [1.165, 1.54) is 58.0 Å². The molecule has 0 aromatic carbocycles. The van der Waals surface area contributed by atoms with Gasteiger partial charge in [-0.25, -0.2) is 0 Å². The summed E-state index contributed by atoms with van der Waals surface area (Å²) in [6.07, 6.45) is 9.48. The molecule has 2 heterocycles. The van der Waals surface area contributed by atoms with Crippen molar-refractivity contribution in [3.8, 4) is 0 Å². The van der Waals surface area contributed by atoms with Crippen molar-refractivity contribution in [1.82, 2.24) is 5.32 Å². The van der Waals surface area contributed by atoms with E-state index in [9.17, 15) is 0 Å². The summed E-state index contributed by atoms with van der Waals surface area (Å²) in [6.45, 7) is 5.96. The Hall–Kier alpha value is -0.0800. The van der Waals surface area contributed by atoms with Crippen LogP contribution in [-0.4, -0.2) is 25.3 Å². The Bertz CT molecular complexity index is 260. The maximum atomic E-state index is 6.16. The molecule has 2 saturated heterocycles. The van der Waals surface area contributed by atoms with Crippen molar-refractivity contribution in [3.63, 3.8) is 0 Å². The van der Waals surface area contributed by atoms with E-state index < -0.39 is 0 Å². The van der Waals surface area contributed by atoms with Crippen LogP contribution in [0.2, 0.25) is 0 Å². The highest BCUT2D eigenvalue weighted by Crippen LogP contribution is 2.45. The second-order valence-corrected chi connectivity index (χ2v) is 6.63. The first-order chi connectivity index (χ1) is 8.29. The van der Waals surface area contributed by atoms with Crippen LogP contribution in [0.3, 0.4) is 0 Å². The van der Waals surface area contributed by atoms with Gasteiger partial charge in [-0.3, -0.25) is 0 Å². The molecule has 2 aliphatic heterocycles. The second-order valence-electron chi connectivity index (χ2n) is 6.63. The first kappa shape index (κ1) is 12.0. The summed E-state index contributed by atoms with van der Waals surface area (Å²) in [5.41, 5.74) is 0.306. The predicted molar refractivity (Wildman–Crippen MR) is 70.0 cm³/mol. The summed E-state index contributed by atoms with van der Waals surface area (Å²) >= 11 is 0. The van der Waals surface area contributed by atoms with Crippen molar-refractivity contribution in [1.29, 1.82) is 0 Å². The number of ether oxygens (including phenoxy) is 1. The lowest BCUT2D eigenvalue weighted by molar-refractivity contribution is -0.106. The van der Waals surface area contributed by atoms with Crippen LogP contribution < -0.4 is 5.32 Å². The predicted octanol–water partition coefficient (Wildman–Crippen LogP) is 2.97. The lowest BCUT2D eigenvalue weighted by atomic mass is 9.71. The molecule has 3 atom stereocenters. The van der Waals surface area contributed by atoms with Gasteiger partial charge < -0.3 is 10.1 Å². The quantitative estimate of drug-likeness (QED) is 0.757. The maximum absolute atomic E-state index is 6.16. The molecule has 1 N–H and O–H groups in total. The monoisotopic (exact) mass is 237 g/mol. The minimum atomic E-state index is 0.306. The van der Waals surface area contributed by atoms with Crippen molar-refractivity contribution in [2.24, 2.45) is 17.8 Å². The molecule has 3 unspecified atom stereocenters. The molecular weight excluding hydrogens is 210 g/mol. The Kier molecular flexibility index (Phi) is 3.45. The molecule has 0 amide bonds. The standard InChI is InChI=1S/C15H27NO/c1-12-4-8-16-11-14(12)13-5-9-17-15(10-13)6-2-3-7-15/h12-14,16H,2-11H2,1H3. The van der Waals surface area contributed by atoms with Gasteiger partial charge in [-0.1, -0.05) is 19.8 Å². The van der Waals surface area contributed by atoms with Crippen LogP contribution in [0.15, 0.2) is 0 Å². The lowest BCUT2D eigenvalue weighted by Gasteiger charge is -2.44. The average molecular weight is 237 g/mol. The van der Waals surface area contributed by atoms with E-state index in [0.717, 1.165) is 24.4 Å². The summed E-state index contributed by atoms with van der Waals surface area (Å²) in [5.74, 6) is 2.74. The number of rotatable bonds is 1. The Morgan fingerprint density at radius 1 is 1.18 bits per heavy atom. The molecule has 1 aliphatic carbocycles. The zero-order valence-corrected chi connectivity index (χ0v) is 11.2. The highest BCUT2D eigenvalue weighted by molar-refractivity contribution is 4.94. The van der Waals surface area contributed by atoms with Crippen LogP contribution in [-0.2, 0) is 4.74 Å². The van der Waals surface area contributed by atoms with E-state index in [1.807, 2.05) is 0 Å². The molecule has 3 aliphatic rings. The van der Waals surface area contributed by atoms with Crippen LogP contribution in [0.4, 0.5) is 0 Å². The van der Waals surface area contributed by atoms with E-state index in [1.54, 1.807) is 0 Å². The Labute approximate surface area is 105 Å². The zero-order chi connectivity index (χ0) is 11.7. The fourth-order valence-electron chi connectivity index (χ4n) is 4.44. The Morgan fingerprint density at radius 2 is 2.00 bits per heavy atom. The van der Waals surface area contributed by atoms with Gasteiger partial charge in [0.2, 0.25) is 0 Å². The SMILES string of the molecule is CC1CCNCC1C1CCOC2(CCCC2)C1. The van der Waals surface area contributed by atoms with Crippen LogP contribution >= 0.6 is 0 Å². The molecule has 2 heteroatoms. The smallest absolute Gasteiger partial charge is 0.0685 e. The van der Waals surface area contributed by atoms with E-state index in [4.69, 9.17) is 4.74 Å². The normalized spacial score (nSPS) is 41.8. The molecular formula is C15H27NO. The fourth-order valence-corrected chi connectivity index (χ4v) is 4.44. The molecule has 3 fully saturated rings. The molecule has 98 valence electrons. The summed E-state index contributed by atoms with van der Waals surface area (Å²) in [4.78, 5) is 0. The topological polar surface area (TPSA) is 21.3 Å². The first-order valence-corrected chi connectivity index (χ1v) is 7.64. The molecule has 0 aromatic rings. The Morgan fingerprint density at radius 3 is 2.76 bits per heavy atom. The molecule has 2 nitrogen and oxygen atoms in total. The molecule has 0 bridgehead atoms. The van der Waals surface area contributed by atoms with Gasteiger partial charge in [0, 0.05) is 6.61 Å². The second kappa shape index (κ2) is 4.89. The van der Waals surface area contributed by atoms with Gasteiger partial charge in [0.05, 0.1) is 5.60 Å². The van der Waals surface area contributed by atoms with Gasteiger partial charge in [0.1, 0.15) is 0 Å². The van der Waals surface area contributed by atoms with Crippen LogP contribution in [0.5, 0.6) is 0 Å². The maximum Gasteiger partial charge on any atom is 0.0685 e. The third-order valence-corrected chi connectivity index (χ3v) is 5.54. The summed E-state index contributed by atoms with van der Waals surface area (Å²) in [5, 5.41) is 3.60. The average Bonchev–Trinajstić information content (AvgIpc) is 2.78. The molecule has 0 radical (unpaired) electrons. The fraction of sp³-hybridized carbons (Fsp3) is 1.00. The van der Waals surface area contributed by atoms with Gasteiger partial charge in [-0.15, -0.1) is 0 Å². The van der Waals surface area contributed by atoms with Crippen LogP contribution in [0.1, 0.15) is 51.9 Å². The van der Waals surface area contributed by atoms with Crippen molar-refractivity contribution >= 4 is 0 Å². The first-order valence-electron chi connectivity index (χ1n) is 7.64. The van der Waals surface area contributed by atoms with Crippen molar-refractivity contribution < 1.29 is 4.74 Å². The molecule has 0 aromatic heterocycles. The van der Waals surface area contributed by atoms with Gasteiger partial charge in [0.15, 0.2) is 0 Å². The van der Waals surface area contributed by atoms with Crippen molar-refractivity contribution in [2.45, 2.75) is 57.5 Å². The highest BCUT2D eigenvalue weighted by atomic mass is 16.5. The van der Waals surface area contributed by atoms with E-state index in [0.29, 0.717) is 5.60 Å². The lowest BCUT2D eigenvalue weighted by Crippen LogP contribution is -2.45. The van der Waals surface area contributed by atoms with Gasteiger partial charge in [-0.2, -0.15) is 0 Å². The summed E-state index contributed by atoms with van der Waals surface area (Å²) in [7, 11) is 0. The van der Waals surface area contributed by atoms with E-state index >= 15 is 0 Å². The zero-order valence-electron chi connectivity index (χ0n) is 11.2. The number of hydrogen-bond donors (Lipinski definition) is 1. The summed E-state index contributed by atoms with van der Waals surface area (Å²) < 4.78 is 6.16. The number of piperidine rings is 1. The van der Waals surface area contributed by atoms with Crippen LogP contribution in [0.25, 0.3) is 0 Å². The van der Waals surface area contributed by atoms with Crippen molar-refractivity contribution in [3.05, 3.63) is 0 Å². The van der Waals surface area contributed by atoms with Gasteiger partial charge in [0.25, 0.3) is 0 Å². The van der Waals surface area contributed by atoms with Gasteiger partial charge >= 0.3 is 0 Å². The third kappa shape index (κ3) is 2.39. The number of nitrogens with one attached hydrogen (secondary N) is 1. The molecule has 1 saturated carbocycles. The largest absolute Gasteiger partial charge is 0.375 e.